The number of hydrogen-bond donors (Lipinski definition) is 4. The summed E-state index contributed by atoms with van der Waals surface area (Å²) < 4.78 is 47.5. The number of fused-ring (bicyclic) bond motifs is 1. The second kappa shape index (κ2) is 10.9. The number of benzene rings is 2. The van der Waals surface area contributed by atoms with E-state index in [9.17, 15) is 27.6 Å². The Labute approximate surface area is 230 Å². The Bertz CT molecular complexity index is 1590. The third kappa shape index (κ3) is 5.66. The number of alkyl halides is 3. The number of para-hydroxylation sites is 1. The van der Waals surface area contributed by atoms with Crippen LogP contribution in [0.3, 0.4) is 0 Å². The molecule has 0 aliphatic heterocycles. The minimum Gasteiger partial charge on any atom is -0.406 e. The molecule has 11 nitrogen and oxygen atoms in total. The largest absolute Gasteiger partial charge is 0.573 e. The van der Waals surface area contributed by atoms with Crippen molar-refractivity contribution in [1.29, 1.82) is 0 Å². The maximum absolute atomic E-state index is 14.1. The van der Waals surface area contributed by atoms with E-state index in [0.29, 0.717) is 16.5 Å². The molecule has 0 bridgehead atoms. The molecule has 0 radical (unpaired) electrons. The van der Waals surface area contributed by atoms with Crippen LogP contribution in [-0.4, -0.2) is 40.3 Å². The van der Waals surface area contributed by atoms with Gasteiger partial charge in [-0.2, -0.15) is 0 Å². The molecule has 6 N–H and O–H groups in total. The molecule has 14 heteroatoms. The van der Waals surface area contributed by atoms with Crippen LogP contribution in [0.25, 0.3) is 10.9 Å². The van der Waals surface area contributed by atoms with Crippen molar-refractivity contribution in [2.24, 2.45) is 5.73 Å². The molecule has 5 rings (SSSR count). The van der Waals surface area contributed by atoms with Crippen molar-refractivity contribution in [1.82, 2.24) is 15.5 Å². The summed E-state index contributed by atoms with van der Waals surface area (Å²) in [4.78, 5) is 43.9. The van der Waals surface area contributed by atoms with Gasteiger partial charge in [0.25, 0.3) is 11.8 Å². The number of aromatic nitrogens is 2. The lowest BCUT2D eigenvalue weighted by Crippen LogP contribution is -2.46. The zero-order valence-corrected chi connectivity index (χ0v) is 21.4. The lowest BCUT2D eigenvalue weighted by atomic mass is 10.0. The molecule has 1 fully saturated rings. The van der Waals surface area contributed by atoms with Crippen molar-refractivity contribution in [2.45, 2.75) is 44.1 Å². The predicted octanol–water partition coefficient (Wildman–Crippen LogP) is 4.18. The molecular weight excluding hydrogens is 545 g/mol. The Hall–Kier alpha value is -5.01. The normalized spacial score (nSPS) is 14.6. The highest BCUT2D eigenvalue weighted by molar-refractivity contribution is 6.13. The molecule has 2 aromatic carbocycles. The fraction of sp³-hybridized carbons (Fsp3) is 0.259. The number of nitrogens with zero attached hydrogens (tertiary/aromatic N) is 2. The number of H-pyrrole nitrogens is 1. The highest BCUT2D eigenvalue weighted by Crippen LogP contribution is 2.36. The molecular formula is C27H25F3N6O5. The van der Waals surface area contributed by atoms with Crippen LogP contribution in [0, 0.1) is 0 Å². The first kappa shape index (κ1) is 27.6. The lowest BCUT2D eigenvalue weighted by Gasteiger charge is -2.31. The third-order valence-corrected chi connectivity index (χ3v) is 6.85. The van der Waals surface area contributed by atoms with Gasteiger partial charge in [-0.05, 0) is 43.2 Å². The fourth-order valence-corrected chi connectivity index (χ4v) is 5.00. The summed E-state index contributed by atoms with van der Waals surface area (Å²) in [5, 5.41) is 7.11. The van der Waals surface area contributed by atoms with Gasteiger partial charge >= 0.3 is 6.36 Å². The van der Waals surface area contributed by atoms with Crippen molar-refractivity contribution >= 4 is 40.0 Å². The van der Waals surface area contributed by atoms with E-state index in [4.69, 9.17) is 16.0 Å². The molecule has 0 spiro atoms. The molecule has 1 aliphatic carbocycles. The number of aromatic amines is 1. The summed E-state index contributed by atoms with van der Waals surface area (Å²) in [5.41, 5.74) is 11.4. The maximum atomic E-state index is 14.1. The average Bonchev–Trinajstić information content (AvgIpc) is 3.67. The smallest absolute Gasteiger partial charge is 0.406 e. The highest BCUT2D eigenvalue weighted by Gasteiger charge is 2.39. The van der Waals surface area contributed by atoms with Crippen molar-refractivity contribution in [3.8, 4) is 5.75 Å². The van der Waals surface area contributed by atoms with E-state index in [-0.39, 0.29) is 11.7 Å². The SMILES string of the molecule is NC(=O)c1noc(C(=O)N(c2ccc(OC(F)(F)F)cc2)[C@H](C(=O)NC2CCCC2)c2c[nH]c3ccccc23)c1N. The van der Waals surface area contributed by atoms with Gasteiger partial charge in [0.05, 0.1) is 0 Å². The molecule has 1 atom stereocenters. The lowest BCUT2D eigenvalue weighted by molar-refractivity contribution is -0.274. The minimum atomic E-state index is -4.94. The van der Waals surface area contributed by atoms with E-state index in [1.54, 1.807) is 30.5 Å². The number of carbonyl (C=O) groups excluding carboxylic acids is 3. The molecule has 2 heterocycles. The Morgan fingerprint density at radius 1 is 1.10 bits per heavy atom. The van der Waals surface area contributed by atoms with Crippen LogP contribution in [0.1, 0.15) is 58.3 Å². The van der Waals surface area contributed by atoms with Gasteiger partial charge in [-0.15, -0.1) is 13.2 Å². The summed E-state index contributed by atoms with van der Waals surface area (Å²) in [6.45, 7) is 0. The molecule has 214 valence electrons. The van der Waals surface area contributed by atoms with Crippen molar-refractivity contribution in [2.75, 3.05) is 10.6 Å². The number of rotatable bonds is 8. The number of nitrogens with one attached hydrogen (secondary N) is 2. The number of amides is 3. The Balaban J connectivity index is 1.66. The van der Waals surface area contributed by atoms with Crippen LogP contribution >= 0.6 is 0 Å². The van der Waals surface area contributed by atoms with Gasteiger partial charge in [-0.1, -0.05) is 36.2 Å². The first-order valence-corrected chi connectivity index (χ1v) is 12.6. The minimum absolute atomic E-state index is 0.0119. The molecule has 0 unspecified atom stereocenters. The maximum Gasteiger partial charge on any atom is 0.573 e. The number of carbonyl (C=O) groups is 3. The summed E-state index contributed by atoms with van der Waals surface area (Å²) in [6, 6.07) is 9.99. The number of nitrogens with two attached hydrogens (primary N) is 2. The highest BCUT2D eigenvalue weighted by atomic mass is 19.4. The first-order valence-electron chi connectivity index (χ1n) is 12.6. The Kier molecular flexibility index (Phi) is 7.30. The van der Waals surface area contributed by atoms with E-state index in [0.717, 1.165) is 42.7 Å². The number of ether oxygens (including phenoxy) is 1. The van der Waals surface area contributed by atoms with Gasteiger partial charge < -0.3 is 31.0 Å². The number of nitrogen functional groups attached to an aromatic ring is 1. The summed E-state index contributed by atoms with van der Waals surface area (Å²) in [6.07, 6.45) is -0.0115. The second-order valence-corrected chi connectivity index (χ2v) is 9.54. The molecule has 1 aliphatic rings. The Morgan fingerprint density at radius 3 is 2.41 bits per heavy atom. The van der Waals surface area contributed by atoms with Crippen LogP contribution in [0.5, 0.6) is 5.75 Å². The standard InChI is InChI=1S/C27H25F3N6O5/c28-27(29,30)40-16-11-9-15(10-12-16)36(26(39)23-20(31)21(24(32)37)35-41-23)22(25(38)34-14-5-1-2-6-14)18-13-33-19-8-4-3-7-17(18)19/h3-4,7-14,22,33H,1-2,5-6,31H2,(H2,32,37)(H,34,38)/t22-/m0/s1. The van der Waals surface area contributed by atoms with Gasteiger partial charge in [-0.25, -0.2) is 0 Å². The van der Waals surface area contributed by atoms with E-state index >= 15 is 0 Å². The third-order valence-electron chi connectivity index (χ3n) is 6.85. The van der Waals surface area contributed by atoms with Crippen LogP contribution in [0.2, 0.25) is 0 Å². The van der Waals surface area contributed by atoms with Gasteiger partial charge in [0, 0.05) is 34.4 Å². The quantitative estimate of drug-likeness (QED) is 0.246. The molecule has 0 saturated heterocycles. The van der Waals surface area contributed by atoms with Gasteiger partial charge in [-0.3, -0.25) is 19.3 Å². The van der Waals surface area contributed by atoms with Crippen LogP contribution in [0.15, 0.2) is 59.3 Å². The van der Waals surface area contributed by atoms with Gasteiger partial charge in [0.1, 0.15) is 17.5 Å². The van der Waals surface area contributed by atoms with Crippen LogP contribution in [-0.2, 0) is 4.79 Å². The summed E-state index contributed by atoms with van der Waals surface area (Å²) in [5.74, 6) is -3.68. The number of anilines is 2. The monoisotopic (exact) mass is 570 g/mol. The predicted molar refractivity (Wildman–Crippen MR) is 141 cm³/mol. The topological polar surface area (TPSA) is 170 Å². The van der Waals surface area contributed by atoms with E-state index in [1.807, 2.05) is 0 Å². The first-order chi connectivity index (χ1) is 19.5. The molecule has 1 saturated carbocycles. The Morgan fingerprint density at radius 2 is 1.78 bits per heavy atom. The zero-order chi connectivity index (χ0) is 29.3. The summed E-state index contributed by atoms with van der Waals surface area (Å²) in [7, 11) is 0. The molecule has 41 heavy (non-hydrogen) atoms. The van der Waals surface area contributed by atoms with Gasteiger partial charge in [0.2, 0.25) is 11.7 Å². The zero-order valence-electron chi connectivity index (χ0n) is 21.4. The fourth-order valence-electron chi connectivity index (χ4n) is 5.00. The van der Waals surface area contributed by atoms with Gasteiger partial charge in [0.15, 0.2) is 5.69 Å². The van der Waals surface area contributed by atoms with Crippen molar-refractivity contribution < 1.29 is 36.8 Å². The van der Waals surface area contributed by atoms with Crippen molar-refractivity contribution in [3.63, 3.8) is 0 Å². The van der Waals surface area contributed by atoms with Crippen molar-refractivity contribution in [3.05, 3.63) is 71.7 Å². The molecule has 3 amide bonds. The number of hydrogen-bond acceptors (Lipinski definition) is 7. The molecule has 4 aromatic rings. The van der Waals surface area contributed by atoms with E-state index in [2.05, 4.69) is 20.2 Å². The average molecular weight is 571 g/mol. The summed E-state index contributed by atoms with van der Waals surface area (Å²) >= 11 is 0. The molecule has 2 aromatic heterocycles. The van der Waals surface area contributed by atoms with Crippen LogP contribution in [0.4, 0.5) is 24.5 Å². The van der Waals surface area contributed by atoms with E-state index in [1.165, 1.54) is 12.1 Å². The van der Waals surface area contributed by atoms with E-state index < -0.39 is 53.0 Å². The number of primary amides is 1. The number of halogens is 3. The van der Waals surface area contributed by atoms with Crippen LogP contribution < -0.4 is 26.4 Å². The second-order valence-electron chi connectivity index (χ2n) is 9.54.